The molecule has 2 amide bonds. The highest BCUT2D eigenvalue weighted by Gasteiger charge is 2.52. The SMILES string of the molecule is CC(C)(C)OC(=O)NC1(C(=O)N[C@@H]2CC=CCC2)CC1. The Morgan fingerprint density at radius 1 is 1.25 bits per heavy atom. The number of ether oxygens (including phenoxy) is 1. The van der Waals surface area contributed by atoms with Gasteiger partial charge in [-0.15, -0.1) is 0 Å². The van der Waals surface area contributed by atoms with Crippen LogP contribution in [0.15, 0.2) is 12.2 Å². The van der Waals surface area contributed by atoms with Gasteiger partial charge in [0.05, 0.1) is 0 Å². The van der Waals surface area contributed by atoms with Gasteiger partial charge in [0.1, 0.15) is 11.1 Å². The second kappa shape index (κ2) is 5.46. The molecule has 0 spiro atoms. The van der Waals surface area contributed by atoms with E-state index in [-0.39, 0.29) is 11.9 Å². The molecule has 2 N–H and O–H groups in total. The number of allylic oxidation sites excluding steroid dienone is 1. The number of alkyl carbamates (subject to hydrolysis) is 1. The smallest absolute Gasteiger partial charge is 0.408 e. The highest BCUT2D eigenvalue weighted by molar-refractivity contribution is 5.93. The van der Waals surface area contributed by atoms with Crippen LogP contribution in [0.1, 0.15) is 52.9 Å². The van der Waals surface area contributed by atoms with Crippen LogP contribution in [0.4, 0.5) is 4.79 Å². The fourth-order valence-corrected chi connectivity index (χ4v) is 2.28. The van der Waals surface area contributed by atoms with Gasteiger partial charge in [0.15, 0.2) is 0 Å². The Morgan fingerprint density at radius 2 is 1.95 bits per heavy atom. The zero-order valence-corrected chi connectivity index (χ0v) is 12.5. The molecule has 2 aliphatic rings. The molecule has 0 unspecified atom stereocenters. The van der Waals surface area contributed by atoms with Gasteiger partial charge >= 0.3 is 6.09 Å². The number of hydrogen-bond donors (Lipinski definition) is 2. The Balaban J connectivity index is 1.85. The van der Waals surface area contributed by atoms with Gasteiger partial charge in [0.25, 0.3) is 0 Å². The molecule has 5 heteroatoms. The maximum Gasteiger partial charge on any atom is 0.408 e. The van der Waals surface area contributed by atoms with Crippen molar-refractivity contribution in [1.82, 2.24) is 10.6 Å². The van der Waals surface area contributed by atoms with Crippen LogP contribution in [0.3, 0.4) is 0 Å². The summed E-state index contributed by atoms with van der Waals surface area (Å²) in [5, 5.41) is 5.75. The van der Waals surface area contributed by atoms with Gasteiger partial charge in [-0.25, -0.2) is 4.79 Å². The molecule has 5 nitrogen and oxygen atoms in total. The first-order valence-corrected chi connectivity index (χ1v) is 7.28. The molecule has 0 radical (unpaired) electrons. The Morgan fingerprint density at radius 3 is 2.45 bits per heavy atom. The van der Waals surface area contributed by atoms with Crippen molar-refractivity contribution in [3.8, 4) is 0 Å². The molecule has 0 aromatic carbocycles. The third kappa shape index (κ3) is 3.99. The van der Waals surface area contributed by atoms with Gasteiger partial charge in [-0.2, -0.15) is 0 Å². The lowest BCUT2D eigenvalue weighted by Gasteiger charge is -2.25. The highest BCUT2D eigenvalue weighted by Crippen LogP contribution is 2.36. The van der Waals surface area contributed by atoms with Crippen molar-refractivity contribution in [1.29, 1.82) is 0 Å². The molecule has 0 heterocycles. The summed E-state index contributed by atoms with van der Waals surface area (Å²) in [5.41, 5.74) is -1.30. The van der Waals surface area contributed by atoms with Crippen LogP contribution in [-0.2, 0) is 9.53 Å². The van der Waals surface area contributed by atoms with E-state index in [2.05, 4.69) is 22.8 Å². The molecule has 1 atom stereocenters. The van der Waals surface area contributed by atoms with Crippen molar-refractivity contribution in [2.45, 2.75) is 70.1 Å². The lowest BCUT2D eigenvalue weighted by atomic mass is 10.0. The van der Waals surface area contributed by atoms with Crippen molar-refractivity contribution in [3.63, 3.8) is 0 Å². The van der Waals surface area contributed by atoms with E-state index in [0.717, 1.165) is 19.3 Å². The summed E-state index contributed by atoms with van der Waals surface area (Å²) in [6.07, 6.45) is 7.90. The van der Waals surface area contributed by atoms with Crippen molar-refractivity contribution in [2.24, 2.45) is 0 Å². The molecular weight excluding hydrogens is 256 g/mol. The Labute approximate surface area is 120 Å². The predicted octanol–water partition coefficient (Wildman–Crippen LogP) is 2.27. The summed E-state index contributed by atoms with van der Waals surface area (Å²) in [7, 11) is 0. The number of amides is 2. The van der Waals surface area contributed by atoms with Crippen molar-refractivity contribution >= 4 is 12.0 Å². The summed E-state index contributed by atoms with van der Waals surface area (Å²) in [6, 6.07) is 0.186. The van der Waals surface area contributed by atoms with E-state index in [9.17, 15) is 9.59 Å². The maximum absolute atomic E-state index is 12.3. The van der Waals surface area contributed by atoms with E-state index in [4.69, 9.17) is 4.74 Å². The lowest BCUT2D eigenvalue weighted by molar-refractivity contribution is -0.125. The molecule has 1 fully saturated rings. The maximum atomic E-state index is 12.3. The molecular formula is C15H24N2O3. The average molecular weight is 280 g/mol. The van der Waals surface area contributed by atoms with Gasteiger partial charge in [-0.1, -0.05) is 12.2 Å². The van der Waals surface area contributed by atoms with Gasteiger partial charge in [0.2, 0.25) is 5.91 Å². The Hall–Kier alpha value is -1.52. The van der Waals surface area contributed by atoms with Crippen LogP contribution in [0.25, 0.3) is 0 Å². The van der Waals surface area contributed by atoms with E-state index in [0.29, 0.717) is 12.8 Å². The molecule has 0 aliphatic heterocycles. The quantitative estimate of drug-likeness (QED) is 0.779. The van der Waals surface area contributed by atoms with Crippen molar-refractivity contribution in [2.75, 3.05) is 0 Å². The minimum absolute atomic E-state index is 0.0799. The van der Waals surface area contributed by atoms with Crippen LogP contribution < -0.4 is 10.6 Å². The molecule has 1 saturated carbocycles. The number of nitrogens with one attached hydrogen (secondary N) is 2. The molecule has 20 heavy (non-hydrogen) atoms. The van der Waals surface area contributed by atoms with Gasteiger partial charge in [-0.05, 0) is 52.9 Å². The molecule has 0 aromatic rings. The van der Waals surface area contributed by atoms with Crippen LogP contribution in [0.5, 0.6) is 0 Å². The predicted molar refractivity (Wildman–Crippen MR) is 76.3 cm³/mol. The minimum Gasteiger partial charge on any atom is -0.444 e. The minimum atomic E-state index is -0.747. The van der Waals surface area contributed by atoms with E-state index in [1.54, 1.807) is 20.8 Å². The van der Waals surface area contributed by atoms with E-state index in [1.807, 2.05) is 0 Å². The van der Waals surface area contributed by atoms with Gasteiger partial charge in [-0.3, -0.25) is 4.79 Å². The second-order valence-electron chi connectivity index (χ2n) is 6.66. The molecule has 2 aliphatic carbocycles. The fraction of sp³-hybridized carbons (Fsp3) is 0.733. The standard InChI is InChI=1S/C15H24N2O3/c1-14(2,3)20-13(19)17-15(9-10-15)12(18)16-11-7-5-4-6-8-11/h4-5,11H,6-10H2,1-3H3,(H,16,18)(H,17,19)/t11-/m1/s1. The zero-order chi connectivity index (χ0) is 14.8. The van der Waals surface area contributed by atoms with E-state index in [1.165, 1.54) is 0 Å². The van der Waals surface area contributed by atoms with Crippen LogP contribution >= 0.6 is 0 Å². The van der Waals surface area contributed by atoms with Crippen LogP contribution in [0.2, 0.25) is 0 Å². The molecule has 0 aromatic heterocycles. The number of rotatable bonds is 3. The fourth-order valence-electron chi connectivity index (χ4n) is 2.28. The van der Waals surface area contributed by atoms with Gasteiger partial charge < -0.3 is 15.4 Å². The average Bonchev–Trinajstić information content (AvgIpc) is 3.08. The number of carbonyl (C=O) groups is 2. The summed E-state index contributed by atoms with van der Waals surface area (Å²) < 4.78 is 5.21. The first-order chi connectivity index (χ1) is 9.31. The molecule has 2 rings (SSSR count). The lowest BCUT2D eigenvalue weighted by Crippen LogP contribution is -2.52. The van der Waals surface area contributed by atoms with E-state index < -0.39 is 17.2 Å². The van der Waals surface area contributed by atoms with Gasteiger partial charge in [0, 0.05) is 6.04 Å². The molecule has 112 valence electrons. The Kier molecular flexibility index (Phi) is 4.06. The third-order valence-corrected chi connectivity index (χ3v) is 3.53. The van der Waals surface area contributed by atoms with Crippen molar-refractivity contribution in [3.05, 3.63) is 12.2 Å². The topological polar surface area (TPSA) is 67.4 Å². The number of hydrogen-bond acceptors (Lipinski definition) is 3. The van der Waals surface area contributed by atoms with Crippen LogP contribution in [-0.4, -0.2) is 29.2 Å². The number of carbonyl (C=O) groups excluding carboxylic acids is 2. The van der Waals surface area contributed by atoms with Crippen molar-refractivity contribution < 1.29 is 14.3 Å². The third-order valence-electron chi connectivity index (χ3n) is 3.53. The summed E-state index contributed by atoms with van der Waals surface area (Å²) in [4.78, 5) is 24.1. The molecule has 0 bridgehead atoms. The Bertz CT molecular complexity index is 419. The normalized spacial score (nSPS) is 23.9. The van der Waals surface area contributed by atoms with Crippen LogP contribution in [0, 0.1) is 0 Å². The summed E-state index contributed by atoms with van der Waals surface area (Å²) >= 11 is 0. The second-order valence-corrected chi connectivity index (χ2v) is 6.66. The first kappa shape index (κ1) is 14.9. The monoisotopic (exact) mass is 280 g/mol. The molecule has 0 saturated heterocycles. The van der Waals surface area contributed by atoms with E-state index >= 15 is 0 Å². The summed E-state index contributed by atoms with van der Waals surface area (Å²) in [6.45, 7) is 5.42. The largest absolute Gasteiger partial charge is 0.444 e. The zero-order valence-electron chi connectivity index (χ0n) is 12.5. The highest BCUT2D eigenvalue weighted by atomic mass is 16.6. The first-order valence-electron chi connectivity index (χ1n) is 7.28. The summed E-state index contributed by atoms with van der Waals surface area (Å²) in [5.74, 6) is -0.0799.